The van der Waals surface area contributed by atoms with Gasteiger partial charge >= 0.3 is 11.9 Å². The van der Waals surface area contributed by atoms with Crippen LogP contribution in [0.5, 0.6) is 0 Å². The highest BCUT2D eigenvalue weighted by Gasteiger charge is 2.16. The molecule has 2 aromatic rings. The number of nitrogen functional groups attached to an aromatic ring is 2. The fourth-order valence-corrected chi connectivity index (χ4v) is 3.22. The summed E-state index contributed by atoms with van der Waals surface area (Å²) >= 11 is 1.96. The molecule has 0 bridgehead atoms. The van der Waals surface area contributed by atoms with Crippen LogP contribution in [0.2, 0.25) is 0 Å². The van der Waals surface area contributed by atoms with Gasteiger partial charge in [-0.05, 0) is 66.3 Å². The van der Waals surface area contributed by atoms with Gasteiger partial charge in [-0.1, -0.05) is 6.07 Å². The molecule has 0 radical (unpaired) electrons. The number of hydrogen-bond acceptors (Lipinski definition) is 6. The summed E-state index contributed by atoms with van der Waals surface area (Å²) in [5, 5.41) is 0. The summed E-state index contributed by atoms with van der Waals surface area (Å²) in [6.45, 7) is 2.83. The third-order valence-corrected chi connectivity index (χ3v) is 4.88. The van der Waals surface area contributed by atoms with Gasteiger partial charge in [0.25, 0.3) is 0 Å². The molecule has 0 saturated heterocycles. The zero-order valence-electron chi connectivity index (χ0n) is 16.5. The number of ether oxygens (including phenoxy) is 2. The summed E-state index contributed by atoms with van der Waals surface area (Å²) < 4.78 is 35.7. The van der Waals surface area contributed by atoms with E-state index < -0.39 is 24.3 Å². The van der Waals surface area contributed by atoms with E-state index in [1.54, 1.807) is 0 Å². The van der Waals surface area contributed by atoms with Crippen molar-refractivity contribution in [1.82, 2.24) is 0 Å². The van der Waals surface area contributed by atoms with E-state index in [0.717, 1.165) is 0 Å². The molecule has 0 amide bonds. The second-order valence-electron chi connectivity index (χ2n) is 6.02. The topological polar surface area (TPSA) is 105 Å². The average Bonchev–Trinajstić information content (AvgIpc) is 2.68. The number of rotatable bonds is 4. The van der Waals surface area contributed by atoms with E-state index >= 15 is 0 Å². The van der Waals surface area contributed by atoms with Crippen LogP contribution in [0.15, 0.2) is 30.3 Å². The van der Waals surface area contributed by atoms with Crippen molar-refractivity contribution in [3.8, 4) is 0 Å². The van der Waals surface area contributed by atoms with Crippen LogP contribution in [0, 0.1) is 3.57 Å². The smallest absolute Gasteiger partial charge is 0.339 e. The van der Waals surface area contributed by atoms with E-state index in [1.807, 2.05) is 22.6 Å². The molecule has 4 N–H and O–H groups in total. The molecule has 158 valence electrons. The van der Waals surface area contributed by atoms with Gasteiger partial charge in [0.2, 0.25) is 0 Å². The molecule has 2 unspecified atom stereocenters. The predicted octanol–water partition coefficient (Wildman–Crippen LogP) is 4.78. The van der Waals surface area contributed by atoms with E-state index in [9.17, 15) is 18.4 Å². The summed E-state index contributed by atoms with van der Waals surface area (Å²) in [5.41, 5.74) is 13.1. The van der Waals surface area contributed by atoms with Crippen molar-refractivity contribution in [2.24, 2.45) is 0 Å². The van der Waals surface area contributed by atoms with Crippen molar-refractivity contribution < 1.29 is 27.8 Å². The summed E-state index contributed by atoms with van der Waals surface area (Å²) in [4.78, 5) is 22.4. The van der Waals surface area contributed by atoms with Gasteiger partial charge in [-0.2, -0.15) is 0 Å². The molecule has 2 rings (SSSR count). The molecule has 2 aromatic carbocycles. The Morgan fingerprint density at radius 3 is 1.86 bits per heavy atom. The molecule has 0 fully saturated rings. The first kappa shape index (κ1) is 24.6. The van der Waals surface area contributed by atoms with Crippen molar-refractivity contribution in [2.45, 2.75) is 26.2 Å². The van der Waals surface area contributed by atoms with Gasteiger partial charge in [-0.25, -0.2) is 18.4 Å². The minimum Gasteiger partial charge on any atom is -0.465 e. The quantitative estimate of drug-likeness (QED) is 0.342. The number of halogens is 3. The summed E-state index contributed by atoms with van der Waals surface area (Å²) in [5.74, 6) is -1.02. The number of esters is 2. The average molecular weight is 520 g/mol. The van der Waals surface area contributed by atoms with Crippen LogP contribution >= 0.6 is 22.6 Å². The van der Waals surface area contributed by atoms with Gasteiger partial charge < -0.3 is 20.9 Å². The van der Waals surface area contributed by atoms with Gasteiger partial charge in [0.1, 0.15) is 12.3 Å². The number of alkyl halides is 2. The van der Waals surface area contributed by atoms with Crippen LogP contribution < -0.4 is 11.5 Å². The van der Waals surface area contributed by atoms with Crippen LogP contribution in [-0.2, 0) is 9.47 Å². The molecule has 0 aliphatic heterocycles. The normalized spacial score (nSPS) is 12.2. The van der Waals surface area contributed by atoms with E-state index in [1.165, 1.54) is 58.4 Å². The summed E-state index contributed by atoms with van der Waals surface area (Å²) in [6, 6.07) is 7.43. The Hall–Kier alpha value is -2.43. The molecule has 0 saturated carbocycles. The molecule has 29 heavy (non-hydrogen) atoms. The molecule has 2 atom stereocenters. The summed E-state index contributed by atoms with van der Waals surface area (Å²) in [7, 11) is 2.55. The maximum Gasteiger partial charge on any atom is 0.339 e. The number of benzene rings is 2. The molecule has 6 nitrogen and oxygen atoms in total. The van der Waals surface area contributed by atoms with E-state index in [0.29, 0.717) is 14.7 Å². The minimum absolute atomic E-state index is 0.235. The maximum atomic E-state index is 13.1. The van der Waals surface area contributed by atoms with Crippen molar-refractivity contribution in [2.75, 3.05) is 25.7 Å². The van der Waals surface area contributed by atoms with Crippen molar-refractivity contribution in [3.05, 3.63) is 56.2 Å². The fraction of sp³-hybridized carbons (Fsp3) is 0.300. The molecular weight excluding hydrogens is 497 g/mol. The fourth-order valence-electron chi connectivity index (χ4n) is 2.32. The molecule has 0 heterocycles. The Morgan fingerprint density at radius 2 is 1.41 bits per heavy atom. The molecule has 0 spiro atoms. The first-order chi connectivity index (χ1) is 13.5. The van der Waals surface area contributed by atoms with Crippen LogP contribution in [0.3, 0.4) is 0 Å². The van der Waals surface area contributed by atoms with E-state index in [4.69, 9.17) is 11.5 Å². The third kappa shape index (κ3) is 6.55. The second-order valence-corrected chi connectivity index (χ2v) is 7.19. The Labute approximate surface area is 181 Å². The maximum absolute atomic E-state index is 13.1. The van der Waals surface area contributed by atoms with Crippen molar-refractivity contribution in [1.29, 1.82) is 0 Å². The van der Waals surface area contributed by atoms with Gasteiger partial charge in [0.15, 0.2) is 0 Å². The highest BCUT2D eigenvalue weighted by Crippen LogP contribution is 2.28. The van der Waals surface area contributed by atoms with Crippen LogP contribution in [0.4, 0.5) is 20.2 Å². The van der Waals surface area contributed by atoms with Crippen LogP contribution in [0.1, 0.15) is 58.0 Å². The largest absolute Gasteiger partial charge is 0.465 e. The lowest BCUT2D eigenvalue weighted by Gasteiger charge is -2.10. The SMILES string of the molecule is COC(=O)c1cc(I)c(C(C)F)cc1N.COC(=O)c1ccc(C(C)F)cc1N. The Morgan fingerprint density at radius 1 is 0.897 bits per heavy atom. The van der Waals surface area contributed by atoms with Crippen LogP contribution in [-0.4, -0.2) is 26.2 Å². The van der Waals surface area contributed by atoms with E-state index in [-0.39, 0.29) is 22.5 Å². The molecule has 9 heteroatoms. The number of hydrogen-bond donors (Lipinski definition) is 2. The standard InChI is InChI=1S/C10H11FINO2.C10H12FNO2/c1-5(11)6-4-9(13)7(3-8(6)12)10(14)15-2;1-6(11)7-3-4-8(9(12)5-7)10(13)14-2/h3-5H,13H2,1-2H3;3-6H,12H2,1-2H3. The first-order valence-electron chi connectivity index (χ1n) is 8.46. The molecule has 0 aliphatic rings. The monoisotopic (exact) mass is 520 g/mol. The zero-order valence-corrected chi connectivity index (χ0v) is 18.6. The van der Waals surface area contributed by atoms with Crippen molar-refractivity contribution >= 4 is 45.9 Å². The predicted molar refractivity (Wildman–Crippen MR) is 116 cm³/mol. The van der Waals surface area contributed by atoms with Gasteiger partial charge in [0, 0.05) is 20.5 Å². The zero-order chi connectivity index (χ0) is 22.3. The number of anilines is 2. The lowest BCUT2D eigenvalue weighted by Crippen LogP contribution is -2.07. The van der Waals surface area contributed by atoms with Gasteiger partial charge in [-0.3, -0.25) is 0 Å². The number of carbonyl (C=O) groups excluding carboxylic acids is 2. The highest BCUT2D eigenvalue weighted by molar-refractivity contribution is 14.1. The van der Waals surface area contributed by atoms with Crippen molar-refractivity contribution in [3.63, 3.8) is 0 Å². The number of nitrogens with two attached hydrogens (primary N) is 2. The Balaban J connectivity index is 0.000000291. The highest BCUT2D eigenvalue weighted by atomic mass is 127. The number of methoxy groups -OCH3 is 2. The molecule has 0 aliphatic carbocycles. The van der Waals surface area contributed by atoms with Gasteiger partial charge in [-0.15, -0.1) is 0 Å². The Bertz CT molecular complexity index is 889. The van der Waals surface area contributed by atoms with Crippen LogP contribution in [0.25, 0.3) is 0 Å². The minimum atomic E-state index is -1.11. The second kappa shape index (κ2) is 10.9. The Kier molecular flexibility index (Phi) is 9.28. The molecule has 0 aromatic heterocycles. The summed E-state index contributed by atoms with van der Waals surface area (Å²) in [6.07, 6.45) is -2.20. The van der Waals surface area contributed by atoms with E-state index in [2.05, 4.69) is 9.47 Å². The number of carbonyl (C=O) groups is 2. The first-order valence-corrected chi connectivity index (χ1v) is 9.54. The third-order valence-electron chi connectivity index (χ3n) is 3.94. The molecular formula is C20H23F2IN2O4. The van der Waals surface area contributed by atoms with Gasteiger partial charge in [0.05, 0.1) is 25.3 Å². The lowest BCUT2D eigenvalue weighted by atomic mass is 10.1. The lowest BCUT2D eigenvalue weighted by molar-refractivity contribution is 0.0593.